The van der Waals surface area contributed by atoms with Crippen LogP contribution in [0.1, 0.15) is 58.1 Å². The standard InChI is InChI=1S/C30H45N3O7S2/c1-22(2)19-32(41(37,38)26-14-10-24(5)11-15-26)21-29(34)31-18-8-7-9-28(30(35)36)33(20-23(3)4)42(39,40)27-16-12-25(6)13-17-27/h10-17,22-23,28H,7-9,18-21H2,1-6H3,(H,31,34)(H,35,36)/t28-/m0/s1. The highest BCUT2D eigenvalue weighted by molar-refractivity contribution is 7.89. The van der Waals surface area contributed by atoms with Gasteiger partial charge in [-0.05, 0) is 69.2 Å². The summed E-state index contributed by atoms with van der Waals surface area (Å²) in [5.74, 6) is -1.81. The Balaban J connectivity index is 2.03. The maximum atomic E-state index is 13.4. The molecule has 10 nitrogen and oxygen atoms in total. The summed E-state index contributed by atoms with van der Waals surface area (Å²) >= 11 is 0. The number of benzene rings is 2. The molecule has 234 valence electrons. The van der Waals surface area contributed by atoms with Gasteiger partial charge in [-0.15, -0.1) is 0 Å². The van der Waals surface area contributed by atoms with Gasteiger partial charge in [-0.2, -0.15) is 8.61 Å². The quantitative estimate of drug-likeness (QED) is 0.254. The molecule has 42 heavy (non-hydrogen) atoms. The fourth-order valence-corrected chi connectivity index (χ4v) is 7.75. The number of amides is 1. The third kappa shape index (κ3) is 10.2. The molecule has 0 aliphatic carbocycles. The SMILES string of the molecule is Cc1ccc(S(=O)(=O)N(CC(=O)NCCCC[C@@H](C(=O)O)N(CC(C)C)S(=O)(=O)c2ccc(C)cc2)CC(C)C)cc1. The number of sulfonamides is 2. The molecule has 2 aromatic carbocycles. The fourth-order valence-electron chi connectivity index (χ4n) is 4.41. The van der Waals surface area contributed by atoms with E-state index in [-0.39, 0.29) is 54.2 Å². The van der Waals surface area contributed by atoms with E-state index in [0.717, 1.165) is 19.7 Å². The van der Waals surface area contributed by atoms with Gasteiger partial charge in [0.2, 0.25) is 26.0 Å². The summed E-state index contributed by atoms with van der Waals surface area (Å²) in [7, 11) is -7.93. The van der Waals surface area contributed by atoms with Gasteiger partial charge in [0, 0.05) is 19.6 Å². The number of hydrogen-bond donors (Lipinski definition) is 2. The van der Waals surface area contributed by atoms with Gasteiger partial charge in [0.15, 0.2) is 0 Å². The zero-order valence-electron chi connectivity index (χ0n) is 25.4. The van der Waals surface area contributed by atoms with Crippen LogP contribution in [0.4, 0.5) is 0 Å². The van der Waals surface area contributed by atoms with Gasteiger partial charge in [-0.1, -0.05) is 63.1 Å². The van der Waals surface area contributed by atoms with Crippen LogP contribution < -0.4 is 5.32 Å². The average Bonchev–Trinajstić information content (AvgIpc) is 2.89. The van der Waals surface area contributed by atoms with Gasteiger partial charge >= 0.3 is 5.97 Å². The number of aryl methyl sites for hydroxylation is 2. The van der Waals surface area contributed by atoms with Crippen molar-refractivity contribution in [2.24, 2.45) is 11.8 Å². The van der Waals surface area contributed by atoms with Gasteiger partial charge in [0.1, 0.15) is 6.04 Å². The molecule has 0 saturated carbocycles. The van der Waals surface area contributed by atoms with E-state index in [1.807, 2.05) is 41.5 Å². The van der Waals surface area contributed by atoms with Gasteiger partial charge in [-0.3, -0.25) is 9.59 Å². The van der Waals surface area contributed by atoms with Crippen molar-refractivity contribution >= 4 is 31.9 Å². The first-order chi connectivity index (χ1) is 19.5. The molecule has 0 aromatic heterocycles. The van der Waals surface area contributed by atoms with E-state index in [1.54, 1.807) is 24.3 Å². The van der Waals surface area contributed by atoms with Crippen LogP contribution in [-0.4, -0.2) is 74.6 Å². The van der Waals surface area contributed by atoms with E-state index in [0.29, 0.717) is 12.8 Å². The lowest BCUT2D eigenvalue weighted by Crippen LogP contribution is -2.46. The number of aliphatic carboxylic acids is 1. The minimum absolute atomic E-state index is 0.00375. The molecule has 1 amide bonds. The number of carbonyl (C=O) groups excluding carboxylic acids is 1. The van der Waals surface area contributed by atoms with E-state index in [9.17, 15) is 31.5 Å². The lowest BCUT2D eigenvalue weighted by Gasteiger charge is -2.29. The summed E-state index contributed by atoms with van der Waals surface area (Å²) in [5, 5.41) is 12.7. The van der Waals surface area contributed by atoms with E-state index in [2.05, 4.69) is 5.32 Å². The first kappa shape index (κ1) is 35.4. The third-order valence-corrected chi connectivity index (χ3v) is 10.3. The van der Waals surface area contributed by atoms with Gasteiger partial charge < -0.3 is 10.4 Å². The Morgan fingerprint density at radius 3 is 1.69 bits per heavy atom. The second-order valence-corrected chi connectivity index (χ2v) is 15.3. The molecule has 0 aliphatic heterocycles. The number of nitrogens with zero attached hydrogens (tertiary/aromatic N) is 2. The van der Waals surface area contributed by atoms with Crippen LogP contribution in [0.25, 0.3) is 0 Å². The Morgan fingerprint density at radius 2 is 1.24 bits per heavy atom. The molecular weight excluding hydrogens is 578 g/mol. The first-order valence-electron chi connectivity index (χ1n) is 14.2. The number of carboxylic acids is 1. The minimum Gasteiger partial charge on any atom is -0.480 e. The molecule has 0 saturated heterocycles. The van der Waals surface area contributed by atoms with Crippen LogP contribution >= 0.6 is 0 Å². The molecule has 0 bridgehead atoms. The summed E-state index contributed by atoms with van der Waals surface area (Å²) < 4.78 is 55.5. The molecule has 0 unspecified atom stereocenters. The zero-order valence-corrected chi connectivity index (χ0v) is 27.0. The molecule has 2 N–H and O–H groups in total. The monoisotopic (exact) mass is 623 g/mol. The summed E-state index contributed by atoms with van der Waals surface area (Å²) in [6.45, 7) is 11.2. The normalized spacial score (nSPS) is 13.2. The Kier molecular flexibility index (Phi) is 13.2. The van der Waals surface area contributed by atoms with Crippen molar-refractivity contribution in [2.45, 2.75) is 76.6 Å². The topological polar surface area (TPSA) is 141 Å². The second kappa shape index (κ2) is 15.6. The molecule has 12 heteroatoms. The van der Waals surface area contributed by atoms with Crippen molar-refractivity contribution in [3.63, 3.8) is 0 Å². The number of rotatable bonds is 17. The van der Waals surface area contributed by atoms with Crippen molar-refractivity contribution in [1.82, 2.24) is 13.9 Å². The van der Waals surface area contributed by atoms with Gasteiger partial charge in [0.05, 0.1) is 16.3 Å². The van der Waals surface area contributed by atoms with Crippen LogP contribution in [-0.2, 0) is 29.6 Å². The third-order valence-electron chi connectivity index (χ3n) is 6.58. The number of hydrogen-bond acceptors (Lipinski definition) is 6. The zero-order chi connectivity index (χ0) is 31.7. The van der Waals surface area contributed by atoms with Crippen LogP contribution in [0.3, 0.4) is 0 Å². The first-order valence-corrected chi connectivity index (χ1v) is 17.1. The van der Waals surface area contributed by atoms with Crippen molar-refractivity contribution in [3.8, 4) is 0 Å². The summed E-state index contributed by atoms with van der Waals surface area (Å²) in [4.78, 5) is 25.1. The van der Waals surface area contributed by atoms with Crippen LogP contribution in [0.2, 0.25) is 0 Å². The largest absolute Gasteiger partial charge is 0.480 e. The molecular formula is C30H45N3O7S2. The smallest absolute Gasteiger partial charge is 0.322 e. The van der Waals surface area contributed by atoms with Gasteiger partial charge in [0.25, 0.3) is 0 Å². The molecule has 0 spiro atoms. The molecule has 0 fully saturated rings. The molecule has 0 heterocycles. The molecule has 2 aromatic rings. The maximum absolute atomic E-state index is 13.4. The highest BCUT2D eigenvalue weighted by Crippen LogP contribution is 2.23. The number of nitrogens with one attached hydrogen (secondary N) is 1. The second-order valence-electron chi connectivity index (χ2n) is 11.5. The van der Waals surface area contributed by atoms with Crippen molar-refractivity contribution in [1.29, 1.82) is 0 Å². The fraction of sp³-hybridized carbons (Fsp3) is 0.533. The van der Waals surface area contributed by atoms with E-state index in [1.165, 1.54) is 24.3 Å². The minimum atomic E-state index is -4.06. The van der Waals surface area contributed by atoms with E-state index in [4.69, 9.17) is 0 Å². The molecule has 1 atom stereocenters. The number of carboxylic acid groups (broad SMARTS) is 1. The summed E-state index contributed by atoms with van der Waals surface area (Å²) in [6, 6.07) is 11.5. The van der Waals surface area contributed by atoms with Crippen molar-refractivity contribution in [2.75, 3.05) is 26.2 Å². The van der Waals surface area contributed by atoms with Crippen LogP contribution in [0, 0.1) is 25.7 Å². The highest BCUT2D eigenvalue weighted by atomic mass is 32.2. The maximum Gasteiger partial charge on any atom is 0.322 e. The molecule has 0 aliphatic rings. The summed E-state index contributed by atoms with van der Waals surface area (Å²) in [5.41, 5.74) is 1.81. The lowest BCUT2D eigenvalue weighted by atomic mass is 10.1. The predicted octanol–water partition coefficient (Wildman–Crippen LogP) is 4.04. The van der Waals surface area contributed by atoms with Gasteiger partial charge in [-0.25, -0.2) is 16.8 Å². The Morgan fingerprint density at radius 1 is 0.762 bits per heavy atom. The lowest BCUT2D eigenvalue weighted by molar-refractivity contribution is -0.142. The molecule has 2 rings (SSSR count). The molecule has 0 radical (unpaired) electrons. The Hall–Kier alpha value is -2.80. The number of unbranched alkanes of at least 4 members (excludes halogenated alkanes) is 1. The number of carbonyl (C=O) groups is 2. The van der Waals surface area contributed by atoms with Crippen LogP contribution in [0.15, 0.2) is 58.3 Å². The summed E-state index contributed by atoms with van der Waals surface area (Å²) in [6.07, 6.45) is 0.793. The van der Waals surface area contributed by atoms with Crippen molar-refractivity contribution < 1.29 is 31.5 Å². The van der Waals surface area contributed by atoms with Crippen molar-refractivity contribution in [3.05, 3.63) is 59.7 Å². The van der Waals surface area contributed by atoms with E-state index >= 15 is 0 Å². The van der Waals surface area contributed by atoms with E-state index < -0.39 is 38.0 Å². The average molecular weight is 624 g/mol. The Bertz CT molecular complexity index is 1390. The highest BCUT2D eigenvalue weighted by Gasteiger charge is 2.36. The van der Waals surface area contributed by atoms with Crippen LogP contribution in [0.5, 0.6) is 0 Å². The Labute approximate surface area is 251 Å². The predicted molar refractivity (Wildman–Crippen MR) is 163 cm³/mol.